The lowest BCUT2D eigenvalue weighted by Gasteiger charge is -2.20. The van der Waals surface area contributed by atoms with E-state index in [0.29, 0.717) is 0 Å². The van der Waals surface area contributed by atoms with Gasteiger partial charge in [0.25, 0.3) is 5.91 Å². The van der Waals surface area contributed by atoms with Gasteiger partial charge < -0.3 is 14.8 Å². The van der Waals surface area contributed by atoms with Crippen LogP contribution in [-0.4, -0.2) is 46.6 Å². The molecule has 0 aliphatic rings. The van der Waals surface area contributed by atoms with Gasteiger partial charge in [-0.15, -0.1) is 0 Å². The van der Waals surface area contributed by atoms with Crippen LogP contribution in [0, 0.1) is 0 Å². The molecule has 0 aliphatic carbocycles. The van der Waals surface area contributed by atoms with Gasteiger partial charge in [0, 0.05) is 5.54 Å². The second-order valence-corrected chi connectivity index (χ2v) is 7.80. The average Bonchev–Trinajstić information content (AvgIpc) is 2.50. The maximum absolute atomic E-state index is 12.0. The number of hydrogen-bond donors (Lipinski definition) is 2. The molecule has 0 atom stereocenters. The number of rotatable bonds is 6. The van der Waals surface area contributed by atoms with E-state index in [4.69, 9.17) is 9.47 Å². The smallest absolute Gasteiger partial charge is 0.338 e. The van der Waals surface area contributed by atoms with Gasteiger partial charge in [-0.2, -0.15) is 0 Å². The van der Waals surface area contributed by atoms with Crippen molar-refractivity contribution in [2.24, 2.45) is 0 Å². The summed E-state index contributed by atoms with van der Waals surface area (Å²) in [6.45, 7) is 4.93. The first-order chi connectivity index (χ1) is 11.0. The molecule has 0 aromatic heterocycles. The van der Waals surface area contributed by atoms with Crippen LogP contribution < -0.4 is 14.8 Å². The van der Waals surface area contributed by atoms with Crippen molar-refractivity contribution in [1.29, 1.82) is 0 Å². The van der Waals surface area contributed by atoms with Crippen molar-refractivity contribution in [3.05, 3.63) is 23.8 Å². The summed E-state index contributed by atoms with van der Waals surface area (Å²) < 4.78 is 36.0. The minimum absolute atomic E-state index is 0.00631. The van der Waals surface area contributed by atoms with Crippen molar-refractivity contribution in [2.75, 3.05) is 20.8 Å². The third kappa shape index (κ3) is 5.50. The molecule has 1 aromatic rings. The van der Waals surface area contributed by atoms with E-state index in [2.05, 4.69) is 10.0 Å². The Morgan fingerprint density at radius 1 is 1.21 bits per heavy atom. The highest BCUT2D eigenvalue weighted by Crippen LogP contribution is 2.24. The third-order valence-electron chi connectivity index (χ3n) is 2.81. The molecule has 0 aliphatic heterocycles. The van der Waals surface area contributed by atoms with Crippen LogP contribution in [0.5, 0.6) is 5.75 Å². The van der Waals surface area contributed by atoms with Gasteiger partial charge in [-0.05, 0) is 46.0 Å². The number of ether oxygens (including phenoxy) is 2. The first-order valence-corrected chi connectivity index (χ1v) is 8.58. The normalized spacial score (nSPS) is 11.7. The van der Waals surface area contributed by atoms with Crippen molar-refractivity contribution in [3.8, 4) is 5.75 Å². The number of benzene rings is 1. The van der Waals surface area contributed by atoms with Crippen molar-refractivity contribution in [2.45, 2.75) is 31.2 Å². The maximum Gasteiger partial charge on any atom is 0.338 e. The second kappa shape index (κ2) is 7.63. The predicted octanol–water partition coefficient (Wildman–Crippen LogP) is 0.675. The number of carbonyl (C=O) groups is 2. The fourth-order valence-corrected chi connectivity index (χ4v) is 2.71. The Morgan fingerprint density at radius 3 is 2.33 bits per heavy atom. The summed E-state index contributed by atoms with van der Waals surface area (Å²) in [4.78, 5) is 23.5. The van der Waals surface area contributed by atoms with Crippen LogP contribution in [0.1, 0.15) is 31.1 Å². The summed E-state index contributed by atoms with van der Waals surface area (Å²) in [5, 5.41) is 2.65. The Morgan fingerprint density at radius 2 is 1.83 bits per heavy atom. The molecule has 0 saturated carbocycles. The summed E-state index contributed by atoms with van der Waals surface area (Å²) in [7, 11) is -1.25. The quantitative estimate of drug-likeness (QED) is 0.723. The summed E-state index contributed by atoms with van der Waals surface area (Å²) in [5.41, 5.74) is -0.453. The average molecular weight is 358 g/mol. The lowest BCUT2D eigenvalue weighted by atomic mass is 10.1. The molecule has 24 heavy (non-hydrogen) atoms. The number of carbonyl (C=O) groups excluding carboxylic acids is 2. The predicted molar refractivity (Wildman–Crippen MR) is 87.4 cm³/mol. The number of sulfonamides is 1. The van der Waals surface area contributed by atoms with Crippen molar-refractivity contribution < 1.29 is 27.5 Å². The molecule has 0 fully saturated rings. The van der Waals surface area contributed by atoms with Crippen LogP contribution in [0.15, 0.2) is 23.1 Å². The van der Waals surface area contributed by atoms with Crippen molar-refractivity contribution in [3.63, 3.8) is 0 Å². The summed E-state index contributed by atoms with van der Waals surface area (Å²) >= 11 is 0. The second-order valence-electron chi connectivity index (χ2n) is 5.95. The summed E-state index contributed by atoms with van der Waals surface area (Å²) in [6, 6.07) is 3.84. The van der Waals surface area contributed by atoms with Gasteiger partial charge in [-0.25, -0.2) is 17.9 Å². The fourth-order valence-electron chi connectivity index (χ4n) is 1.79. The van der Waals surface area contributed by atoms with E-state index < -0.39 is 34.0 Å². The SMILES string of the molecule is CNS(=O)(=O)c1cc(C(=O)OCC(=O)NC(C)(C)C)ccc1OC. The largest absolute Gasteiger partial charge is 0.495 e. The molecule has 0 heterocycles. The highest BCUT2D eigenvalue weighted by atomic mass is 32.2. The Balaban J connectivity index is 2.93. The molecular weight excluding hydrogens is 336 g/mol. The molecule has 0 saturated heterocycles. The number of hydrogen-bond acceptors (Lipinski definition) is 6. The molecule has 0 bridgehead atoms. The van der Waals surface area contributed by atoms with Gasteiger partial charge in [0.2, 0.25) is 10.0 Å². The topological polar surface area (TPSA) is 111 Å². The Hall–Kier alpha value is -2.13. The molecule has 1 rings (SSSR count). The zero-order valence-corrected chi connectivity index (χ0v) is 15.1. The molecule has 134 valence electrons. The van der Waals surface area contributed by atoms with Crippen molar-refractivity contribution in [1.82, 2.24) is 10.0 Å². The Labute approximate surface area is 141 Å². The van der Waals surface area contributed by atoms with Gasteiger partial charge in [-0.3, -0.25) is 4.79 Å². The van der Waals surface area contributed by atoms with E-state index in [1.807, 2.05) is 0 Å². The van der Waals surface area contributed by atoms with E-state index in [9.17, 15) is 18.0 Å². The number of esters is 1. The van der Waals surface area contributed by atoms with Crippen LogP contribution in [0.2, 0.25) is 0 Å². The lowest BCUT2D eigenvalue weighted by molar-refractivity contribution is -0.125. The van der Waals surface area contributed by atoms with Gasteiger partial charge >= 0.3 is 5.97 Å². The van der Waals surface area contributed by atoms with Crippen LogP contribution in [-0.2, 0) is 19.6 Å². The standard InChI is InChI=1S/C15H22N2O6S/c1-15(2,3)17-13(18)9-23-14(19)10-6-7-11(22-5)12(8-10)24(20,21)16-4/h6-8,16H,9H2,1-5H3,(H,17,18). The molecule has 0 spiro atoms. The molecule has 1 aromatic carbocycles. The molecule has 1 amide bonds. The minimum Gasteiger partial charge on any atom is -0.495 e. The number of amides is 1. The van der Waals surface area contributed by atoms with Crippen LogP contribution >= 0.6 is 0 Å². The van der Waals surface area contributed by atoms with E-state index >= 15 is 0 Å². The van der Waals surface area contributed by atoms with Crippen LogP contribution in [0.25, 0.3) is 0 Å². The first-order valence-electron chi connectivity index (χ1n) is 7.10. The van der Waals surface area contributed by atoms with E-state index in [1.54, 1.807) is 20.8 Å². The number of methoxy groups -OCH3 is 1. The van der Waals surface area contributed by atoms with Crippen molar-refractivity contribution >= 4 is 21.9 Å². The minimum atomic E-state index is -3.81. The highest BCUT2D eigenvalue weighted by molar-refractivity contribution is 7.89. The van der Waals surface area contributed by atoms with Gasteiger partial charge in [0.15, 0.2) is 6.61 Å². The van der Waals surface area contributed by atoms with Gasteiger partial charge in [0.05, 0.1) is 12.7 Å². The zero-order chi connectivity index (χ0) is 18.5. The van der Waals surface area contributed by atoms with Crippen LogP contribution in [0.4, 0.5) is 0 Å². The molecule has 2 N–H and O–H groups in total. The monoisotopic (exact) mass is 358 g/mol. The fraction of sp³-hybridized carbons (Fsp3) is 0.467. The Kier molecular flexibility index (Phi) is 6.33. The van der Waals surface area contributed by atoms with E-state index in [-0.39, 0.29) is 16.2 Å². The molecule has 0 unspecified atom stereocenters. The summed E-state index contributed by atoms with van der Waals surface area (Å²) in [5.74, 6) is -1.17. The molecule has 0 radical (unpaired) electrons. The molecular formula is C15H22N2O6S. The lowest BCUT2D eigenvalue weighted by Crippen LogP contribution is -2.42. The summed E-state index contributed by atoms with van der Waals surface area (Å²) in [6.07, 6.45) is 0. The van der Waals surface area contributed by atoms with Gasteiger partial charge in [-0.1, -0.05) is 0 Å². The highest BCUT2D eigenvalue weighted by Gasteiger charge is 2.21. The maximum atomic E-state index is 12.0. The first kappa shape index (κ1) is 19.9. The Bertz CT molecular complexity index is 722. The number of nitrogens with one attached hydrogen (secondary N) is 2. The molecule has 9 heteroatoms. The van der Waals surface area contributed by atoms with E-state index in [0.717, 1.165) is 6.07 Å². The zero-order valence-electron chi connectivity index (χ0n) is 14.3. The van der Waals surface area contributed by atoms with E-state index in [1.165, 1.54) is 26.3 Å². The molecule has 8 nitrogen and oxygen atoms in total. The van der Waals surface area contributed by atoms with Crippen LogP contribution in [0.3, 0.4) is 0 Å². The van der Waals surface area contributed by atoms with Gasteiger partial charge in [0.1, 0.15) is 10.6 Å². The third-order valence-corrected chi connectivity index (χ3v) is 4.24.